The van der Waals surface area contributed by atoms with Crippen LogP contribution in [0.1, 0.15) is 21.6 Å². The van der Waals surface area contributed by atoms with Gasteiger partial charge in [0.15, 0.2) is 0 Å². The van der Waals surface area contributed by atoms with E-state index in [-0.39, 0.29) is 5.97 Å². The van der Waals surface area contributed by atoms with Gasteiger partial charge in [0.1, 0.15) is 0 Å². The second-order valence-corrected chi connectivity index (χ2v) is 12.2. The molecule has 0 aliphatic rings. The van der Waals surface area contributed by atoms with E-state index in [9.17, 15) is 4.79 Å². The van der Waals surface area contributed by atoms with Gasteiger partial charge in [-0.15, -0.1) is 5.10 Å². The van der Waals surface area contributed by atoms with Crippen LogP contribution in [0.15, 0.2) is 30.5 Å². The van der Waals surface area contributed by atoms with Crippen LogP contribution in [0.3, 0.4) is 0 Å². The summed E-state index contributed by atoms with van der Waals surface area (Å²) < 4.78 is 6.62. The van der Waals surface area contributed by atoms with Gasteiger partial charge in [-0.3, -0.25) is 4.68 Å². The number of nitrogens with zero attached hydrogens (tertiary/aromatic N) is 3. The summed E-state index contributed by atoms with van der Waals surface area (Å²) in [6, 6.07) is 7.38. The van der Waals surface area contributed by atoms with Crippen LogP contribution in [0, 0.1) is 0 Å². The van der Waals surface area contributed by atoms with E-state index >= 15 is 0 Å². The van der Waals surface area contributed by atoms with Crippen LogP contribution in [0.2, 0.25) is 19.6 Å². The normalized spacial score (nSPS) is 11.5. The van der Waals surface area contributed by atoms with Gasteiger partial charge in [0.25, 0.3) is 0 Å². The number of rotatable bonds is 7. The lowest BCUT2D eigenvalue weighted by Gasteiger charge is -2.14. The number of carbonyl (C=O) groups excluding carboxylic acids is 1. The van der Waals surface area contributed by atoms with Crippen molar-refractivity contribution in [3.63, 3.8) is 0 Å². The number of carbonyl (C=O) groups is 1. The number of methoxy groups -OCH3 is 1. The molecular formula is C16H24N4O2Si. The van der Waals surface area contributed by atoms with E-state index in [2.05, 4.69) is 40.0 Å². The Labute approximate surface area is 137 Å². The molecule has 0 atom stereocenters. The zero-order valence-electron chi connectivity index (χ0n) is 14.2. The third-order valence-corrected chi connectivity index (χ3v) is 4.51. The smallest absolute Gasteiger partial charge is 0.337 e. The number of benzene rings is 1. The van der Waals surface area contributed by atoms with Crippen molar-refractivity contribution >= 4 is 14.0 Å². The average Bonchev–Trinajstić information content (AvgIpc) is 2.92. The highest BCUT2D eigenvalue weighted by atomic mass is 28.3. The Kier molecular flexibility index (Phi) is 5.67. The molecule has 0 saturated carbocycles. The van der Waals surface area contributed by atoms with Gasteiger partial charge in [-0.05, 0) is 17.7 Å². The van der Waals surface area contributed by atoms with Gasteiger partial charge in [0.05, 0.1) is 26.4 Å². The van der Waals surface area contributed by atoms with Crippen molar-refractivity contribution in [2.45, 2.75) is 38.9 Å². The molecule has 0 fully saturated rings. The van der Waals surface area contributed by atoms with Gasteiger partial charge < -0.3 is 10.1 Å². The molecule has 0 saturated heterocycles. The van der Waals surface area contributed by atoms with Crippen LogP contribution in [-0.4, -0.2) is 36.1 Å². The van der Waals surface area contributed by atoms with E-state index in [4.69, 9.17) is 0 Å². The SMILES string of the molecule is COC(=O)c1ccc(CNCc2cn(C[Si](C)(C)C)nn2)cc1. The molecule has 2 rings (SSSR count). The number of nitrogens with one attached hydrogen (secondary N) is 1. The summed E-state index contributed by atoms with van der Waals surface area (Å²) in [5.74, 6) is -0.316. The van der Waals surface area contributed by atoms with Crippen LogP contribution in [0.5, 0.6) is 0 Å². The minimum absolute atomic E-state index is 0.316. The molecule has 1 heterocycles. The van der Waals surface area contributed by atoms with Crippen LogP contribution < -0.4 is 5.32 Å². The van der Waals surface area contributed by atoms with Gasteiger partial charge in [-0.1, -0.05) is 37.0 Å². The molecule has 1 aromatic heterocycles. The second kappa shape index (κ2) is 7.52. The first-order valence-electron chi connectivity index (χ1n) is 7.64. The van der Waals surface area contributed by atoms with Crippen LogP contribution >= 0.6 is 0 Å². The summed E-state index contributed by atoms with van der Waals surface area (Å²) in [6.45, 7) is 8.31. The third kappa shape index (κ3) is 5.61. The van der Waals surface area contributed by atoms with Gasteiger partial charge in [0.2, 0.25) is 0 Å². The lowest BCUT2D eigenvalue weighted by atomic mass is 10.1. The minimum Gasteiger partial charge on any atom is -0.465 e. The lowest BCUT2D eigenvalue weighted by Crippen LogP contribution is -2.28. The van der Waals surface area contributed by atoms with Gasteiger partial charge in [-0.25, -0.2) is 4.79 Å². The number of ether oxygens (including phenoxy) is 1. The quantitative estimate of drug-likeness (QED) is 0.622. The van der Waals surface area contributed by atoms with E-state index in [1.807, 2.05) is 23.0 Å². The highest BCUT2D eigenvalue weighted by molar-refractivity contribution is 6.74. The van der Waals surface area contributed by atoms with E-state index in [0.29, 0.717) is 18.7 Å². The molecule has 0 aliphatic carbocycles. The Morgan fingerprint density at radius 1 is 1.22 bits per heavy atom. The highest BCUT2D eigenvalue weighted by Crippen LogP contribution is 2.07. The molecular weight excluding hydrogens is 308 g/mol. The molecule has 0 spiro atoms. The number of esters is 1. The Balaban J connectivity index is 1.82. The van der Waals surface area contributed by atoms with Crippen LogP contribution in [0.4, 0.5) is 0 Å². The summed E-state index contributed by atoms with van der Waals surface area (Å²) in [7, 11) is 0.198. The molecule has 1 aromatic carbocycles. The van der Waals surface area contributed by atoms with Gasteiger partial charge >= 0.3 is 5.97 Å². The largest absolute Gasteiger partial charge is 0.465 e. The summed E-state index contributed by atoms with van der Waals surface area (Å²) in [5, 5.41) is 11.7. The first-order chi connectivity index (χ1) is 10.9. The van der Waals surface area contributed by atoms with Crippen molar-refractivity contribution in [3.8, 4) is 0 Å². The lowest BCUT2D eigenvalue weighted by molar-refractivity contribution is 0.0600. The van der Waals surface area contributed by atoms with E-state index in [1.165, 1.54) is 7.11 Å². The first-order valence-corrected chi connectivity index (χ1v) is 11.3. The zero-order valence-corrected chi connectivity index (χ0v) is 15.2. The maximum Gasteiger partial charge on any atom is 0.337 e. The Hall–Kier alpha value is -1.99. The Morgan fingerprint density at radius 2 is 1.91 bits per heavy atom. The number of hydrogen-bond acceptors (Lipinski definition) is 5. The summed E-state index contributed by atoms with van der Waals surface area (Å²) in [6.07, 6.45) is 2.99. The monoisotopic (exact) mass is 332 g/mol. The zero-order chi connectivity index (χ0) is 16.9. The predicted octanol–water partition coefficient (Wildman–Crippen LogP) is 2.23. The van der Waals surface area contributed by atoms with E-state index in [1.54, 1.807) is 12.1 Å². The molecule has 7 heteroatoms. The second-order valence-electron chi connectivity index (χ2n) is 6.76. The van der Waals surface area contributed by atoms with Crippen molar-refractivity contribution in [3.05, 3.63) is 47.3 Å². The maximum absolute atomic E-state index is 11.4. The van der Waals surface area contributed by atoms with Gasteiger partial charge in [-0.2, -0.15) is 0 Å². The molecule has 0 amide bonds. The summed E-state index contributed by atoms with van der Waals surface area (Å²) >= 11 is 0. The molecule has 124 valence electrons. The number of aromatic nitrogens is 3. The molecule has 0 radical (unpaired) electrons. The topological polar surface area (TPSA) is 69.0 Å². The molecule has 6 nitrogen and oxygen atoms in total. The molecule has 1 N–H and O–H groups in total. The standard InChI is InChI=1S/C16H24N4O2Si/c1-22-16(21)14-7-5-13(6-8-14)9-17-10-15-11-20(19-18-15)12-23(2,3)4/h5-8,11,17H,9-10,12H2,1-4H3. The molecule has 0 unspecified atom stereocenters. The predicted molar refractivity (Wildman–Crippen MR) is 91.7 cm³/mol. The van der Waals surface area contributed by atoms with Crippen molar-refractivity contribution in [1.82, 2.24) is 20.3 Å². The number of hydrogen-bond donors (Lipinski definition) is 1. The molecule has 2 aromatic rings. The fourth-order valence-corrected chi connectivity index (χ4v) is 3.32. The third-order valence-electron chi connectivity index (χ3n) is 3.23. The highest BCUT2D eigenvalue weighted by Gasteiger charge is 2.15. The van der Waals surface area contributed by atoms with Gasteiger partial charge in [0, 0.05) is 25.5 Å². The Morgan fingerprint density at radius 3 is 2.52 bits per heavy atom. The van der Waals surface area contributed by atoms with Crippen molar-refractivity contribution < 1.29 is 9.53 Å². The fourth-order valence-electron chi connectivity index (χ4n) is 2.19. The molecule has 0 aliphatic heterocycles. The van der Waals surface area contributed by atoms with Crippen molar-refractivity contribution in [2.75, 3.05) is 7.11 Å². The van der Waals surface area contributed by atoms with Crippen LogP contribution in [-0.2, 0) is 24.0 Å². The average molecular weight is 332 g/mol. The summed E-state index contributed by atoms with van der Waals surface area (Å²) in [4.78, 5) is 11.4. The maximum atomic E-state index is 11.4. The first kappa shape index (κ1) is 17.4. The van der Waals surface area contributed by atoms with Crippen LogP contribution in [0.25, 0.3) is 0 Å². The van der Waals surface area contributed by atoms with E-state index < -0.39 is 8.07 Å². The minimum atomic E-state index is -1.18. The summed E-state index contributed by atoms with van der Waals surface area (Å²) in [5.41, 5.74) is 2.60. The van der Waals surface area contributed by atoms with E-state index in [0.717, 1.165) is 17.4 Å². The molecule has 0 bridgehead atoms. The van der Waals surface area contributed by atoms with Crippen molar-refractivity contribution in [1.29, 1.82) is 0 Å². The van der Waals surface area contributed by atoms with Crippen molar-refractivity contribution in [2.24, 2.45) is 0 Å². The molecule has 23 heavy (non-hydrogen) atoms. The Bertz CT molecular complexity index is 647. The fraction of sp³-hybridized carbons (Fsp3) is 0.438.